The van der Waals surface area contributed by atoms with Gasteiger partial charge in [-0.15, -0.1) is 13.2 Å². The van der Waals surface area contributed by atoms with Gasteiger partial charge < -0.3 is 4.74 Å². The summed E-state index contributed by atoms with van der Waals surface area (Å²) in [5, 5.41) is 0. The first-order valence-corrected chi connectivity index (χ1v) is 3.92. The summed E-state index contributed by atoms with van der Waals surface area (Å²) in [5.41, 5.74) is 0. The Balaban J connectivity index is 2.47. The highest BCUT2D eigenvalue weighted by atomic mass is 19.4. The fourth-order valence-electron chi connectivity index (χ4n) is 1.29. The molecule has 0 bridgehead atoms. The van der Waals surface area contributed by atoms with E-state index < -0.39 is 6.36 Å². The van der Waals surface area contributed by atoms with Crippen molar-refractivity contribution >= 4 is 0 Å². The predicted molar refractivity (Wildman–Crippen MR) is 38.2 cm³/mol. The fourth-order valence-corrected chi connectivity index (χ4v) is 1.29. The molecule has 1 unspecified atom stereocenters. The average molecular weight is 180 g/mol. The molecule has 0 amide bonds. The van der Waals surface area contributed by atoms with Gasteiger partial charge in [-0.05, 0) is 24.8 Å². The lowest BCUT2D eigenvalue weighted by Crippen LogP contribution is -2.16. The Hall–Kier alpha value is -0.670. The van der Waals surface area contributed by atoms with E-state index in [2.05, 4.69) is 4.74 Å². The predicted octanol–water partition coefficient (Wildman–Crippen LogP) is 3.23. The standard InChI is InChI=1S/C8H11F3O/c1-6-3-2-4-7(5-6)12-8(9,10)11/h4,6H,2-3,5H2,1H3. The Kier molecular flexibility index (Phi) is 2.65. The Bertz CT molecular complexity index is 183. The second-order valence-electron chi connectivity index (χ2n) is 3.10. The topological polar surface area (TPSA) is 9.23 Å². The van der Waals surface area contributed by atoms with Crippen LogP contribution >= 0.6 is 0 Å². The average Bonchev–Trinajstić information content (AvgIpc) is 1.82. The van der Waals surface area contributed by atoms with Gasteiger partial charge in [0, 0.05) is 6.42 Å². The van der Waals surface area contributed by atoms with Crippen LogP contribution < -0.4 is 0 Å². The summed E-state index contributed by atoms with van der Waals surface area (Å²) < 4.78 is 38.9. The molecule has 0 radical (unpaired) electrons. The number of halogens is 3. The molecular formula is C8H11F3O. The highest BCUT2D eigenvalue weighted by Gasteiger charge is 2.32. The summed E-state index contributed by atoms with van der Waals surface area (Å²) in [6.45, 7) is 1.92. The van der Waals surface area contributed by atoms with Gasteiger partial charge in [-0.3, -0.25) is 0 Å². The van der Waals surface area contributed by atoms with Crippen LogP contribution in [0.15, 0.2) is 11.8 Å². The van der Waals surface area contributed by atoms with Gasteiger partial charge in [0.25, 0.3) is 0 Å². The zero-order chi connectivity index (χ0) is 9.19. The van der Waals surface area contributed by atoms with E-state index in [1.54, 1.807) is 0 Å². The fraction of sp³-hybridized carbons (Fsp3) is 0.750. The quantitative estimate of drug-likeness (QED) is 0.602. The van der Waals surface area contributed by atoms with Gasteiger partial charge in [-0.2, -0.15) is 0 Å². The van der Waals surface area contributed by atoms with Crippen molar-refractivity contribution in [1.82, 2.24) is 0 Å². The second-order valence-corrected chi connectivity index (χ2v) is 3.10. The highest BCUT2D eigenvalue weighted by Crippen LogP contribution is 2.29. The van der Waals surface area contributed by atoms with E-state index in [1.165, 1.54) is 6.08 Å². The molecule has 0 saturated heterocycles. The molecule has 0 spiro atoms. The van der Waals surface area contributed by atoms with E-state index in [9.17, 15) is 13.2 Å². The third-order valence-electron chi connectivity index (χ3n) is 1.83. The molecule has 1 aliphatic rings. The first-order chi connectivity index (χ1) is 5.47. The zero-order valence-electron chi connectivity index (χ0n) is 6.82. The summed E-state index contributed by atoms with van der Waals surface area (Å²) in [7, 11) is 0. The van der Waals surface area contributed by atoms with Crippen LogP contribution in [0.1, 0.15) is 26.2 Å². The van der Waals surface area contributed by atoms with Crippen LogP contribution in [0.3, 0.4) is 0 Å². The van der Waals surface area contributed by atoms with E-state index in [1.807, 2.05) is 6.92 Å². The van der Waals surface area contributed by atoms with Crippen LogP contribution in [-0.2, 0) is 4.74 Å². The molecule has 12 heavy (non-hydrogen) atoms. The maximum atomic E-state index is 11.7. The van der Waals surface area contributed by atoms with Crippen LogP contribution in [0.5, 0.6) is 0 Å². The smallest absolute Gasteiger partial charge is 0.411 e. The molecule has 0 heterocycles. The normalized spacial score (nSPS) is 25.0. The summed E-state index contributed by atoms with van der Waals surface area (Å²) >= 11 is 0. The van der Waals surface area contributed by atoms with Gasteiger partial charge in [-0.25, -0.2) is 0 Å². The molecule has 0 aliphatic heterocycles. The van der Waals surface area contributed by atoms with Crippen LogP contribution in [0.25, 0.3) is 0 Å². The van der Waals surface area contributed by atoms with E-state index in [0.717, 1.165) is 6.42 Å². The lowest BCUT2D eigenvalue weighted by atomic mass is 9.95. The molecule has 1 atom stereocenters. The van der Waals surface area contributed by atoms with Crippen molar-refractivity contribution in [3.8, 4) is 0 Å². The van der Waals surface area contributed by atoms with Crippen LogP contribution in [0.4, 0.5) is 13.2 Å². The van der Waals surface area contributed by atoms with Crippen molar-refractivity contribution in [2.75, 3.05) is 0 Å². The van der Waals surface area contributed by atoms with Crippen molar-refractivity contribution in [2.24, 2.45) is 5.92 Å². The molecule has 1 aliphatic carbocycles. The SMILES string of the molecule is CC1CCC=C(OC(F)(F)F)C1. The number of rotatable bonds is 1. The van der Waals surface area contributed by atoms with Crippen molar-refractivity contribution in [1.29, 1.82) is 0 Å². The maximum Gasteiger partial charge on any atom is 0.572 e. The molecule has 4 heteroatoms. The third kappa shape index (κ3) is 3.15. The van der Waals surface area contributed by atoms with E-state index >= 15 is 0 Å². The van der Waals surface area contributed by atoms with Crippen molar-refractivity contribution in [3.63, 3.8) is 0 Å². The number of ether oxygens (including phenoxy) is 1. The van der Waals surface area contributed by atoms with Crippen molar-refractivity contribution in [3.05, 3.63) is 11.8 Å². The lowest BCUT2D eigenvalue weighted by Gasteiger charge is -2.20. The lowest BCUT2D eigenvalue weighted by molar-refractivity contribution is -0.307. The van der Waals surface area contributed by atoms with Crippen molar-refractivity contribution < 1.29 is 17.9 Å². The van der Waals surface area contributed by atoms with Crippen LogP contribution in [0.2, 0.25) is 0 Å². The van der Waals surface area contributed by atoms with Gasteiger partial charge in [0.15, 0.2) is 0 Å². The molecule has 0 fully saturated rings. The molecule has 0 N–H and O–H groups in total. The number of hydrogen-bond acceptors (Lipinski definition) is 1. The Morgan fingerprint density at radius 1 is 1.50 bits per heavy atom. The van der Waals surface area contributed by atoms with Crippen LogP contribution in [-0.4, -0.2) is 6.36 Å². The maximum absolute atomic E-state index is 11.7. The van der Waals surface area contributed by atoms with Crippen LogP contribution in [0, 0.1) is 5.92 Å². The Labute approximate surface area is 69.2 Å². The van der Waals surface area contributed by atoms with E-state index in [0.29, 0.717) is 18.8 Å². The van der Waals surface area contributed by atoms with E-state index in [-0.39, 0.29) is 5.76 Å². The minimum atomic E-state index is -4.52. The molecule has 70 valence electrons. The highest BCUT2D eigenvalue weighted by molar-refractivity contribution is 4.98. The molecule has 0 aromatic heterocycles. The first kappa shape index (κ1) is 9.42. The van der Waals surface area contributed by atoms with Gasteiger partial charge in [0.2, 0.25) is 0 Å². The second kappa shape index (κ2) is 3.37. The molecule has 0 saturated carbocycles. The molecular weight excluding hydrogens is 169 g/mol. The van der Waals surface area contributed by atoms with Gasteiger partial charge in [0.1, 0.15) is 5.76 Å². The van der Waals surface area contributed by atoms with Crippen molar-refractivity contribution in [2.45, 2.75) is 32.5 Å². The molecule has 0 aromatic rings. The number of allylic oxidation sites excluding steroid dienone is 2. The summed E-state index contributed by atoms with van der Waals surface area (Å²) in [6, 6.07) is 0. The minimum Gasteiger partial charge on any atom is -0.411 e. The molecule has 1 rings (SSSR count). The third-order valence-corrected chi connectivity index (χ3v) is 1.83. The number of alkyl halides is 3. The summed E-state index contributed by atoms with van der Waals surface area (Å²) in [4.78, 5) is 0. The Morgan fingerprint density at radius 3 is 2.67 bits per heavy atom. The minimum absolute atomic E-state index is 0.0706. The largest absolute Gasteiger partial charge is 0.572 e. The zero-order valence-corrected chi connectivity index (χ0v) is 6.82. The summed E-state index contributed by atoms with van der Waals surface area (Å²) in [6.07, 6.45) is -0.965. The summed E-state index contributed by atoms with van der Waals surface area (Å²) in [5.74, 6) is 0.369. The van der Waals surface area contributed by atoms with Gasteiger partial charge >= 0.3 is 6.36 Å². The Morgan fingerprint density at radius 2 is 2.17 bits per heavy atom. The van der Waals surface area contributed by atoms with Gasteiger partial charge in [-0.1, -0.05) is 6.92 Å². The molecule has 1 nitrogen and oxygen atoms in total. The van der Waals surface area contributed by atoms with E-state index in [4.69, 9.17) is 0 Å². The number of hydrogen-bond donors (Lipinski definition) is 0. The van der Waals surface area contributed by atoms with Gasteiger partial charge in [0.05, 0.1) is 0 Å². The first-order valence-electron chi connectivity index (χ1n) is 3.92. The molecule has 0 aromatic carbocycles. The monoisotopic (exact) mass is 180 g/mol.